The molecule has 2 fully saturated rings. The van der Waals surface area contributed by atoms with Gasteiger partial charge in [-0.3, -0.25) is 9.59 Å². The Balaban J connectivity index is 1.03. The van der Waals surface area contributed by atoms with Gasteiger partial charge in [-0.25, -0.2) is 19.6 Å². The van der Waals surface area contributed by atoms with Gasteiger partial charge < -0.3 is 44.6 Å². The Kier molecular flexibility index (Phi) is 12.8. The van der Waals surface area contributed by atoms with E-state index < -0.39 is 30.4 Å². The fourth-order valence-corrected chi connectivity index (χ4v) is 8.30. The van der Waals surface area contributed by atoms with Gasteiger partial charge in [-0.05, 0) is 78.1 Å². The largest absolute Gasteiger partial charge is 0.453 e. The summed E-state index contributed by atoms with van der Waals surface area (Å²) in [5, 5.41) is 7.55. The van der Waals surface area contributed by atoms with Crippen molar-refractivity contribution in [1.82, 2.24) is 40.4 Å². The van der Waals surface area contributed by atoms with Crippen LogP contribution in [0.5, 0.6) is 0 Å². The summed E-state index contributed by atoms with van der Waals surface area (Å²) < 4.78 is 15.0. The molecule has 0 aliphatic carbocycles. The molecular weight excluding hydrogens is 765 g/mol. The molecule has 2 aliphatic heterocycles. The van der Waals surface area contributed by atoms with E-state index in [0.29, 0.717) is 18.9 Å². The number of fused-ring (bicyclic) bond motifs is 1. The molecule has 15 heteroatoms. The average Bonchev–Trinajstić information content (AvgIpc) is 4.13. The van der Waals surface area contributed by atoms with Crippen molar-refractivity contribution in [3.63, 3.8) is 0 Å². The second kappa shape index (κ2) is 18.4. The second-order valence-electron chi connectivity index (χ2n) is 15.7. The van der Waals surface area contributed by atoms with E-state index in [1.54, 1.807) is 18.0 Å². The maximum atomic E-state index is 13.7. The molecule has 7 rings (SSSR count). The van der Waals surface area contributed by atoms with Crippen molar-refractivity contribution in [2.24, 2.45) is 5.92 Å². The molecule has 316 valence electrons. The first-order chi connectivity index (χ1) is 29.0. The summed E-state index contributed by atoms with van der Waals surface area (Å²) in [6, 6.07) is 19.0. The molecule has 0 spiro atoms. The Hall–Kier alpha value is -6.22. The number of H-pyrrole nitrogens is 2. The molecule has 0 bridgehead atoms. The van der Waals surface area contributed by atoms with E-state index in [-0.39, 0.29) is 29.8 Å². The number of ether oxygens (including phenoxy) is 3. The van der Waals surface area contributed by atoms with E-state index in [0.717, 1.165) is 82.3 Å². The van der Waals surface area contributed by atoms with E-state index in [1.807, 2.05) is 24.9 Å². The number of likely N-dealkylation sites (tertiary alicyclic amines) is 2. The van der Waals surface area contributed by atoms with E-state index in [4.69, 9.17) is 24.2 Å². The fourth-order valence-electron chi connectivity index (χ4n) is 8.30. The van der Waals surface area contributed by atoms with Gasteiger partial charge in [0.1, 0.15) is 23.7 Å². The Morgan fingerprint density at radius 2 is 1.15 bits per heavy atom. The molecule has 4 amide bonds. The van der Waals surface area contributed by atoms with Gasteiger partial charge in [0, 0.05) is 25.8 Å². The van der Waals surface area contributed by atoms with E-state index in [9.17, 15) is 19.2 Å². The number of hydrogen-bond acceptors (Lipinski definition) is 9. The fraction of sp³-hybridized carbons (Fsp3) is 0.422. The van der Waals surface area contributed by atoms with Crippen molar-refractivity contribution in [2.75, 3.05) is 34.4 Å². The number of nitrogens with zero attached hydrogens (tertiary/aromatic N) is 4. The topological polar surface area (TPSA) is 184 Å². The smallest absolute Gasteiger partial charge is 0.407 e. The lowest BCUT2D eigenvalue weighted by molar-refractivity contribution is -0.137. The second-order valence-corrected chi connectivity index (χ2v) is 15.7. The Bertz CT molecular complexity index is 2320. The van der Waals surface area contributed by atoms with E-state index >= 15 is 0 Å². The molecule has 2 aliphatic rings. The average molecular weight is 819 g/mol. The zero-order valence-corrected chi connectivity index (χ0v) is 35.0. The summed E-state index contributed by atoms with van der Waals surface area (Å²) in [5.74, 6) is 0.999. The summed E-state index contributed by atoms with van der Waals surface area (Å²) in [5.41, 5.74) is 5.83. The van der Waals surface area contributed by atoms with Gasteiger partial charge in [-0.2, -0.15) is 0 Å². The van der Waals surface area contributed by atoms with Crippen LogP contribution in [-0.2, 0) is 23.8 Å². The molecule has 4 heterocycles. The van der Waals surface area contributed by atoms with Crippen LogP contribution >= 0.6 is 0 Å². The summed E-state index contributed by atoms with van der Waals surface area (Å²) >= 11 is 0. The molecule has 3 aromatic carbocycles. The summed E-state index contributed by atoms with van der Waals surface area (Å²) in [4.78, 5) is 71.4. The van der Waals surface area contributed by atoms with Gasteiger partial charge >= 0.3 is 12.2 Å². The minimum absolute atomic E-state index is 0.0560. The molecule has 60 heavy (non-hydrogen) atoms. The van der Waals surface area contributed by atoms with Crippen LogP contribution in [0.15, 0.2) is 73.1 Å². The van der Waals surface area contributed by atoms with Crippen molar-refractivity contribution in [3.05, 3.63) is 84.7 Å². The number of aromatic amines is 2. The maximum Gasteiger partial charge on any atom is 0.407 e. The number of methoxy groups -OCH3 is 3. The predicted octanol–water partition coefficient (Wildman–Crippen LogP) is 7.14. The van der Waals surface area contributed by atoms with Crippen LogP contribution in [0.3, 0.4) is 0 Å². The van der Waals surface area contributed by atoms with Crippen LogP contribution < -0.4 is 10.6 Å². The van der Waals surface area contributed by atoms with E-state index in [2.05, 4.69) is 81.3 Å². The Morgan fingerprint density at radius 3 is 1.68 bits per heavy atom. The number of hydrogen-bond donors (Lipinski definition) is 4. The number of imidazole rings is 2. The van der Waals surface area contributed by atoms with Gasteiger partial charge in [-0.15, -0.1) is 0 Å². The van der Waals surface area contributed by atoms with Crippen molar-refractivity contribution in [2.45, 2.75) is 83.1 Å². The molecule has 0 radical (unpaired) electrons. The molecule has 15 nitrogen and oxygen atoms in total. The van der Waals surface area contributed by atoms with Crippen molar-refractivity contribution < 1.29 is 33.4 Å². The summed E-state index contributed by atoms with van der Waals surface area (Å²) in [6.45, 7) is 6.83. The van der Waals surface area contributed by atoms with Crippen molar-refractivity contribution in [3.8, 4) is 33.6 Å². The maximum absolute atomic E-state index is 13.7. The van der Waals surface area contributed by atoms with Gasteiger partial charge in [0.25, 0.3) is 0 Å². The minimum atomic E-state index is -0.897. The number of amides is 4. The van der Waals surface area contributed by atoms with Gasteiger partial charge in [-0.1, -0.05) is 68.8 Å². The van der Waals surface area contributed by atoms with Crippen LogP contribution in [0.4, 0.5) is 9.59 Å². The number of alkyl carbamates (subject to hydrolysis) is 2. The Labute approximate surface area is 349 Å². The number of nitrogens with one attached hydrogen (secondary N) is 4. The molecule has 0 unspecified atom stereocenters. The summed E-state index contributed by atoms with van der Waals surface area (Å²) in [7, 11) is 4.06. The number of aromatic nitrogens is 4. The van der Waals surface area contributed by atoms with Gasteiger partial charge in [0.2, 0.25) is 11.8 Å². The first-order valence-electron chi connectivity index (χ1n) is 20.6. The third-order valence-electron chi connectivity index (χ3n) is 12.1. The van der Waals surface area contributed by atoms with Gasteiger partial charge in [0.05, 0.1) is 56.2 Å². The monoisotopic (exact) mass is 818 g/mol. The third kappa shape index (κ3) is 8.71. The molecular formula is C45H54N8O7. The van der Waals surface area contributed by atoms with Crippen LogP contribution in [-0.4, -0.2) is 106 Å². The van der Waals surface area contributed by atoms with Crippen LogP contribution in [0.1, 0.15) is 76.6 Å². The van der Waals surface area contributed by atoms with E-state index in [1.165, 1.54) is 21.3 Å². The number of rotatable bonds is 13. The lowest BCUT2D eigenvalue weighted by Gasteiger charge is -2.30. The highest BCUT2D eigenvalue weighted by molar-refractivity contribution is 5.91. The lowest BCUT2D eigenvalue weighted by Crippen LogP contribution is -2.54. The minimum Gasteiger partial charge on any atom is -0.453 e. The number of carbonyl (C=O) groups excluding carboxylic acids is 4. The molecule has 2 saturated heterocycles. The molecule has 6 atom stereocenters. The van der Waals surface area contributed by atoms with Gasteiger partial charge in [0.15, 0.2) is 0 Å². The molecule has 4 N–H and O–H groups in total. The van der Waals surface area contributed by atoms with Crippen molar-refractivity contribution in [1.29, 1.82) is 0 Å². The lowest BCUT2D eigenvalue weighted by atomic mass is 9.97. The zero-order chi connectivity index (χ0) is 42.5. The number of carbonyl (C=O) groups is 4. The van der Waals surface area contributed by atoms with Crippen LogP contribution in [0.2, 0.25) is 0 Å². The molecule has 2 aromatic heterocycles. The standard InChI is InChI=1S/C45H54N8O7/c1-7-26(2)38(50-44(56)59-5)42(54)52-20-8-10-36(52)40-46-24-34(48-40)29-14-12-28(13-15-29)30-16-17-32-23-33(19-18-31(32)22-30)35-25-47-41(49-35)37-11-9-21-53(37)43(55)39(27(3)58-4)51-45(57)60-6/h12-19,22-27,36-39H,7-11,20-21H2,1-6H3,(H,46,48)(H,47,49)(H,50,56)(H,51,57)/t26-,27+,36-,37-,38-,39-/m0/s1. The van der Waals surface area contributed by atoms with Crippen molar-refractivity contribution >= 4 is 34.8 Å². The third-order valence-corrected chi connectivity index (χ3v) is 12.1. The quantitative estimate of drug-likeness (QED) is 0.0959. The predicted molar refractivity (Wildman–Crippen MR) is 227 cm³/mol. The molecule has 5 aromatic rings. The first-order valence-corrected chi connectivity index (χ1v) is 20.6. The first kappa shape index (κ1) is 41.9. The highest BCUT2D eigenvalue weighted by Crippen LogP contribution is 2.36. The molecule has 0 saturated carbocycles. The highest BCUT2D eigenvalue weighted by Gasteiger charge is 2.40. The number of benzene rings is 3. The Morgan fingerprint density at radius 1 is 0.683 bits per heavy atom. The van der Waals surface area contributed by atoms with Crippen LogP contribution in [0.25, 0.3) is 44.4 Å². The normalized spacial score (nSPS) is 18.5. The zero-order valence-electron chi connectivity index (χ0n) is 35.0. The SMILES string of the molecule is CC[C@H](C)[C@H](NC(=O)OC)C(=O)N1CCC[C@H]1c1ncc(-c2ccc(-c3ccc4cc(-c5cnc([C@@H]6CCCN6C(=O)[C@@H](NC(=O)OC)[C@@H](C)OC)[nH]5)ccc4c3)cc2)[nH]1. The van der Waals surface area contributed by atoms with Crippen LogP contribution in [0, 0.1) is 5.92 Å². The summed E-state index contributed by atoms with van der Waals surface area (Å²) in [6.07, 6.45) is 5.67. The highest BCUT2D eigenvalue weighted by atomic mass is 16.5.